The first-order chi connectivity index (χ1) is 17.7. The van der Waals surface area contributed by atoms with Crippen molar-refractivity contribution in [3.8, 4) is 22.5 Å². The highest BCUT2D eigenvalue weighted by Crippen LogP contribution is 2.35. The third-order valence-corrected chi connectivity index (χ3v) is 6.85. The second-order valence-corrected chi connectivity index (χ2v) is 9.42. The molecule has 1 aliphatic heterocycles. The predicted octanol–water partition coefficient (Wildman–Crippen LogP) is 5.90. The summed E-state index contributed by atoms with van der Waals surface area (Å²) in [5, 5.41) is 12.7. The van der Waals surface area contributed by atoms with Crippen molar-refractivity contribution in [3.05, 3.63) is 55.0 Å². The maximum absolute atomic E-state index is 12.0. The number of piperidine rings is 1. The number of pyridine rings is 2. The number of anilines is 2. The van der Waals surface area contributed by atoms with E-state index in [0.29, 0.717) is 17.8 Å². The first kappa shape index (κ1) is 22.3. The molecule has 4 aromatic heterocycles. The van der Waals surface area contributed by atoms with Crippen LogP contribution in [0, 0.1) is 0 Å². The summed E-state index contributed by atoms with van der Waals surface area (Å²) in [6.07, 6.45) is 10.3. The van der Waals surface area contributed by atoms with Gasteiger partial charge in [0.05, 0.1) is 23.3 Å². The highest BCUT2D eigenvalue weighted by Gasteiger charge is 2.17. The van der Waals surface area contributed by atoms with E-state index in [0.717, 1.165) is 52.9 Å². The van der Waals surface area contributed by atoms with E-state index in [1.165, 1.54) is 30.3 Å². The van der Waals surface area contributed by atoms with Crippen molar-refractivity contribution in [3.63, 3.8) is 0 Å². The lowest BCUT2D eigenvalue weighted by molar-refractivity contribution is -0.116. The minimum atomic E-state index is -0.00937. The number of H-pyrrole nitrogens is 2. The number of amides is 1. The monoisotopic (exact) mass is 479 g/mol. The molecule has 1 saturated heterocycles. The lowest BCUT2D eigenvalue weighted by atomic mass is 10.1. The maximum Gasteiger partial charge on any atom is 0.224 e. The third-order valence-electron chi connectivity index (χ3n) is 6.85. The van der Waals surface area contributed by atoms with Crippen molar-refractivity contribution in [2.24, 2.45) is 0 Å². The summed E-state index contributed by atoms with van der Waals surface area (Å²) in [5.74, 6) is -0.00937. The zero-order valence-electron chi connectivity index (χ0n) is 20.3. The van der Waals surface area contributed by atoms with Gasteiger partial charge in [-0.3, -0.25) is 14.9 Å². The normalized spacial score (nSPS) is 14.0. The Morgan fingerprint density at radius 1 is 1.03 bits per heavy atom. The molecule has 0 spiro atoms. The quantitative estimate of drug-likeness (QED) is 0.281. The van der Waals surface area contributed by atoms with Crippen LogP contribution in [0.25, 0.3) is 44.5 Å². The predicted molar refractivity (Wildman–Crippen MR) is 144 cm³/mol. The summed E-state index contributed by atoms with van der Waals surface area (Å²) in [4.78, 5) is 27.0. The molecule has 6 rings (SSSR count). The van der Waals surface area contributed by atoms with Crippen LogP contribution in [0.15, 0.2) is 55.0 Å². The van der Waals surface area contributed by atoms with E-state index in [1.54, 1.807) is 18.6 Å². The fourth-order valence-corrected chi connectivity index (χ4v) is 5.06. The van der Waals surface area contributed by atoms with Crippen LogP contribution >= 0.6 is 0 Å². The minimum absolute atomic E-state index is 0.00937. The molecule has 0 saturated carbocycles. The number of carbonyl (C=O) groups excluding carboxylic acids is 1. The van der Waals surface area contributed by atoms with Crippen molar-refractivity contribution in [2.45, 2.75) is 39.0 Å². The van der Waals surface area contributed by atoms with Crippen molar-refractivity contribution >= 4 is 39.2 Å². The van der Waals surface area contributed by atoms with Crippen molar-refractivity contribution in [1.82, 2.24) is 25.1 Å². The molecular weight excluding hydrogens is 450 g/mol. The Kier molecular flexibility index (Phi) is 5.85. The Morgan fingerprint density at radius 3 is 2.75 bits per heavy atom. The Bertz CT molecular complexity index is 1540. The van der Waals surface area contributed by atoms with Gasteiger partial charge < -0.3 is 15.2 Å². The van der Waals surface area contributed by atoms with Gasteiger partial charge in [-0.05, 0) is 56.0 Å². The van der Waals surface area contributed by atoms with E-state index in [2.05, 4.69) is 65.7 Å². The summed E-state index contributed by atoms with van der Waals surface area (Å²) >= 11 is 0. The van der Waals surface area contributed by atoms with E-state index < -0.39 is 0 Å². The van der Waals surface area contributed by atoms with Crippen LogP contribution in [-0.4, -0.2) is 44.1 Å². The lowest BCUT2D eigenvalue weighted by Crippen LogP contribution is -2.29. The van der Waals surface area contributed by atoms with Gasteiger partial charge in [-0.2, -0.15) is 5.10 Å². The molecule has 1 amide bonds. The first-order valence-electron chi connectivity index (χ1n) is 12.7. The molecule has 5 aromatic rings. The molecule has 5 heterocycles. The maximum atomic E-state index is 12.0. The van der Waals surface area contributed by atoms with Crippen LogP contribution < -0.4 is 10.2 Å². The van der Waals surface area contributed by atoms with Crippen molar-refractivity contribution < 1.29 is 4.79 Å². The molecule has 0 unspecified atom stereocenters. The zero-order valence-corrected chi connectivity index (χ0v) is 20.3. The van der Waals surface area contributed by atoms with Gasteiger partial charge in [-0.15, -0.1) is 0 Å². The van der Waals surface area contributed by atoms with Gasteiger partial charge in [-0.25, -0.2) is 4.98 Å². The largest absolute Gasteiger partial charge is 0.371 e. The number of hydrogen-bond acceptors (Lipinski definition) is 5. The molecule has 8 nitrogen and oxygen atoms in total. The average Bonchev–Trinajstić information content (AvgIpc) is 3.53. The highest BCUT2D eigenvalue weighted by molar-refractivity contribution is 6.00. The number of hydrogen-bond donors (Lipinski definition) is 3. The van der Waals surface area contributed by atoms with E-state index >= 15 is 0 Å². The minimum Gasteiger partial charge on any atom is -0.371 e. The average molecular weight is 480 g/mol. The highest BCUT2D eigenvalue weighted by atomic mass is 16.1. The van der Waals surface area contributed by atoms with E-state index in [9.17, 15) is 4.79 Å². The first-order valence-corrected chi connectivity index (χ1v) is 12.7. The van der Waals surface area contributed by atoms with Crippen LogP contribution in [0.3, 0.4) is 0 Å². The Hall–Kier alpha value is -4.20. The Labute approximate surface area is 209 Å². The molecule has 1 fully saturated rings. The number of aromatic amines is 2. The van der Waals surface area contributed by atoms with Crippen LogP contribution in [0.4, 0.5) is 11.4 Å². The Morgan fingerprint density at radius 2 is 1.89 bits per heavy atom. The smallest absolute Gasteiger partial charge is 0.224 e. The summed E-state index contributed by atoms with van der Waals surface area (Å²) in [6, 6.07) is 12.7. The lowest BCUT2D eigenvalue weighted by Gasteiger charge is -2.29. The Balaban J connectivity index is 1.37. The second-order valence-electron chi connectivity index (χ2n) is 9.42. The molecule has 8 heteroatoms. The number of aromatic nitrogens is 5. The van der Waals surface area contributed by atoms with E-state index in [4.69, 9.17) is 0 Å². The van der Waals surface area contributed by atoms with Gasteiger partial charge >= 0.3 is 0 Å². The molecule has 3 N–H and O–H groups in total. The van der Waals surface area contributed by atoms with Gasteiger partial charge in [0, 0.05) is 65.0 Å². The topological polar surface area (TPSA) is 103 Å². The van der Waals surface area contributed by atoms with E-state index in [1.807, 2.05) is 13.0 Å². The summed E-state index contributed by atoms with van der Waals surface area (Å²) < 4.78 is 0. The fourth-order valence-electron chi connectivity index (χ4n) is 5.06. The summed E-state index contributed by atoms with van der Waals surface area (Å²) in [6.45, 7) is 4.19. The molecule has 0 aliphatic carbocycles. The molecule has 1 aromatic carbocycles. The van der Waals surface area contributed by atoms with E-state index in [-0.39, 0.29) is 5.91 Å². The number of rotatable bonds is 6. The van der Waals surface area contributed by atoms with Crippen molar-refractivity contribution in [2.75, 3.05) is 23.3 Å². The number of nitrogens with zero attached hydrogens (tertiary/aromatic N) is 4. The number of fused-ring (bicyclic) bond motifs is 2. The SMILES string of the molecule is CCCC(=O)Nc1cncc(-c2cnc3n[nH]c(-c4cc5c(N6CCCCC6)cccc5[nH]4)c3c2)c1. The molecule has 0 atom stereocenters. The van der Waals surface area contributed by atoms with Crippen LogP contribution in [0.2, 0.25) is 0 Å². The molecule has 0 radical (unpaired) electrons. The number of nitrogens with one attached hydrogen (secondary N) is 3. The van der Waals surface area contributed by atoms with Gasteiger partial charge in [0.25, 0.3) is 0 Å². The second kappa shape index (κ2) is 9.45. The van der Waals surface area contributed by atoms with Crippen LogP contribution in [-0.2, 0) is 4.79 Å². The van der Waals surface area contributed by atoms with Gasteiger partial charge in [0.1, 0.15) is 0 Å². The fraction of sp³-hybridized carbons (Fsp3) is 0.286. The standard InChI is InChI=1S/C28H29N7O/c1-2-7-26(36)31-20-12-18(15-29-17-20)19-13-22-27(33-34-28(22)30-16-19)24-14-21-23(32-24)8-6-9-25(21)35-10-4-3-5-11-35/h6,8-9,12-17,32H,2-5,7,10-11H2,1H3,(H,31,36)(H,30,33,34). The number of benzene rings is 1. The summed E-state index contributed by atoms with van der Waals surface area (Å²) in [5.41, 5.74) is 7.41. The van der Waals surface area contributed by atoms with Crippen molar-refractivity contribution in [1.29, 1.82) is 0 Å². The number of carbonyl (C=O) groups is 1. The molecular formula is C28H29N7O. The molecule has 182 valence electrons. The molecule has 36 heavy (non-hydrogen) atoms. The van der Waals surface area contributed by atoms with Gasteiger partial charge in [0.15, 0.2) is 5.65 Å². The molecule has 1 aliphatic rings. The molecule has 0 bridgehead atoms. The third kappa shape index (κ3) is 4.19. The summed E-state index contributed by atoms with van der Waals surface area (Å²) in [7, 11) is 0. The van der Waals surface area contributed by atoms with Gasteiger partial charge in [-0.1, -0.05) is 13.0 Å². The zero-order chi connectivity index (χ0) is 24.5. The van der Waals surface area contributed by atoms with Crippen LogP contribution in [0.5, 0.6) is 0 Å². The van der Waals surface area contributed by atoms with Crippen LogP contribution in [0.1, 0.15) is 39.0 Å². The van der Waals surface area contributed by atoms with Gasteiger partial charge in [0.2, 0.25) is 5.91 Å².